The monoisotopic (exact) mass is 363 g/mol. The fraction of sp³-hybridized carbons (Fsp3) is 0.333. The van der Waals surface area contributed by atoms with Crippen molar-refractivity contribution in [2.24, 2.45) is 0 Å². The number of nitrogens with one attached hydrogen (secondary N) is 1. The molecular weight excluding hydrogens is 341 g/mol. The summed E-state index contributed by atoms with van der Waals surface area (Å²) in [5, 5.41) is 12.0. The van der Waals surface area contributed by atoms with Crippen molar-refractivity contribution in [1.82, 2.24) is 9.47 Å². The van der Waals surface area contributed by atoms with Gasteiger partial charge in [0.25, 0.3) is 5.91 Å². The van der Waals surface area contributed by atoms with Crippen molar-refractivity contribution in [3.8, 4) is 5.75 Å². The summed E-state index contributed by atoms with van der Waals surface area (Å²) in [7, 11) is 5.22. The second-order valence-corrected chi connectivity index (χ2v) is 6.07. The number of anilines is 1. The Labute approximate surface area is 151 Å². The van der Waals surface area contributed by atoms with E-state index in [2.05, 4.69) is 5.32 Å². The lowest BCUT2D eigenvalue weighted by molar-refractivity contribution is 0.0684. The number of carboxylic acid groups (broad SMARTS) is 1. The summed E-state index contributed by atoms with van der Waals surface area (Å²) in [6.45, 7) is 1.32. The van der Waals surface area contributed by atoms with E-state index in [4.69, 9.17) is 4.74 Å². The minimum atomic E-state index is -1.07. The van der Waals surface area contributed by atoms with Crippen LogP contribution in [0, 0.1) is 5.82 Å². The van der Waals surface area contributed by atoms with Crippen LogP contribution in [-0.4, -0.2) is 54.2 Å². The molecule has 0 radical (unpaired) electrons. The molecule has 2 aromatic rings. The van der Waals surface area contributed by atoms with E-state index in [9.17, 15) is 19.1 Å². The summed E-state index contributed by atoms with van der Waals surface area (Å²) < 4.78 is 19.9. The van der Waals surface area contributed by atoms with E-state index in [-0.39, 0.29) is 17.0 Å². The molecule has 7 nitrogen and oxygen atoms in total. The number of methoxy groups -OCH3 is 1. The molecule has 0 atom stereocenters. The van der Waals surface area contributed by atoms with Crippen molar-refractivity contribution < 1.29 is 23.8 Å². The Morgan fingerprint density at radius 3 is 2.65 bits per heavy atom. The molecule has 8 heteroatoms. The number of hydrogen-bond donors (Lipinski definition) is 2. The summed E-state index contributed by atoms with van der Waals surface area (Å²) in [5.41, 5.74) is 0.597. The third kappa shape index (κ3) is 4.82. The standard InChI is InChI=1S/C18H22FN3O4/c1-21(2)7-4-8-22-11-13(10-15(22)18(24)25)20-17(23)14-6-5-12(19)9-16(14)26-3/h5-6,9-11H,4,7-8H2,1-3H3,(H,20,23)(H,24,25). The largest absolute Gasteiger partial charge is 0.496 e. The molecule has 140 valence electrons. The number of carbonyl (C=O) groups is 2. The first-order valence-electron chi connectivity index (χ1n) is 8.05. The predicted octanol–water partition coefficient (Wildman–Crippen LogP) is 2.54. The van der Waals surface area contributed by atoms with Crippen LogP contribution in [0.4, 0.5) is 10.1 Å². The number of nitrogens with zero attached hydrogens (tertiary/aromatic N) is 2. The van der Waals surface area contributed by atoms with Gasteiger partial charge in [-0.2, -0.15) is 0 Å². The number of rotatable bonds is 8. The van der Waals surface area contributed by atoms with Crippen LogP contribution in [0.2, 0.25) is 0 Å². The number of halogens is 1. The fourth-order valence-electron chi connectivity index (χ4n) is 2.55. The zero-order chi connectivity index (χ0) is 19.3. The van der Waals surface area contributed by atoms with Crippen molar-refractivity contribution in [1.29, 1.82) is 0 Å². The van der Waals surface area contributed by atoms with Crippen LogP contribution in [0.1, 0.15) is 27.3 Å². The third-order valence-corrected chi connectivity index (χ3v) is 3.79. The van der Waals surface area contributed by atoms with Gasteiger partial charge in [0.2, 0.25) is 0 Å². The molecule has 0 saturated carbocycles. The van der Waals surface area contributed by atoms with E-state index in [1.807, 2.05) is 19.0 Å². The number of aromatic nitrogens is 1. The highest BCUT2D eigenvalue weighted by molar-refractivity contribution is 6.06. The second-order valence-electron chi connectivity index (χ2n) is 6.07. The number of aromatic carboxylic acids is 1. The molecule has 1 amide bonds. The normalized spacial score (nSPS) is 10.8. The molecule has 0 spiro atoms. The highest BCUT2D eigenvalue weighted by atomic mass is 19.1. The van der Waals surface area contributed by atoms with Crippen molar-refractivity contribution in [3.63, 3.8) is 0 Å². The molecule has 26 heavy (non-hydrogen) atoms. The molecule has 0 aliphatic rings. The van der Waals surface area contributed by atoms with E-state index in [1.165, 1.54) is 19.2 Å². The molecule has 0 aliphatic carbocycles. The Balaban J connectivity index is 2.18. The Morgan fingerprint density at radius 2 is 2.04 bits per heavy atom. The van der Waals surface area contributed by atoms with Gasteiger partial charge in [0, 0.05) is 18.8 Å². The summed E-state index contributed by atoms with van der Waals surface area (Å²) in [6, 6.07) is 4.98. The second kappa shape index (κ2) is 8.48. The maximum absolute atomic E-state index is 13.3. The van der Waals surface area contributed by atoms with E-state index >= 15 is 0 Å². The van der Waals surface area contributed by atoms with Gasteiger partial charge < -0.3 is 24.6 Å². The topological polar surface area (TPSA) is 83.8 Å². The Morgan fingerprint density at radius 1 is 1.31 bits per heavy atom. The van der Waals surface area contributed by atoms with E-state index < -0.39 is 17.7 Å². The Hall–Kier alpha value is -2.87. The van der Waals surface area contributed by atoms with Crippen molar-refractivity contribution in [3.05, 3.63) is 47.5 Å². The number of aryl methyl sites for hydroxylation is 1. The van der Waals surface area contributed by atoms with Crippen LogP contribution in [0.25, 0.3) is 0 Å². The minimum absolute atomic E-state index is 0.0881. The summed E-state index contributed by atoms with van der Waals surface area (Å²) in [4.78, 5) is 25.8. The highest BCUT2D eigenvalue weighted by Crippen LogP contribution is 2.22. The first-order chi connectivity index (χ1) is 12.3. The van der Waals surface area contributed by atoms with Gasteiger partial charge in [-0.25, -0.2) is 9.18 Å². The predicted molar refractivity (Wildman–Crippen MR) is 95.5 cm³/mol. The maximum Gasteiger partial charge on any atom is 0.352 e. The molecule has 0 bridgehead atoms. The van der Waals surface area contributed by atoms with Gasteiger partial charge in [0.05, 0.1) is 18.4 Å². The number of hydrogen-bond acceptors (Lipinski definition) is 4. The highest BCUT2D eigenvalue weighted by Gasteiger charge is 2.17. The van der Waals surface area contributed by atoms with Crippen LogP contribution >= 0.6 is 0 Å². The van der Waals surface area contributed by atoms with Gasteiger partial charge in [0.1, 0.15) is 17.3 Å². The van der Waals surface area contributed by atoms with Crippen LogP contribution in [0.5, 0.6) is 5.75 Å². The van der Waals surface area contributed by atoms with Crippen LogP contribution in [0.15, 0.2) is 30.5 Å². The molecule has 2 rings (SSSR count). The van der Waals surface area contributed by atoms with Crippen LogP contribution in [0.3, 0.4) is 0 Å². The summed E-state index contributed by atoms with van der Waals surface area (Å²) >= 11 is 0. The van der Waals surface area contributed by atoms with E-state index in [1.54, 1.807) is 10.8 Å². The lowest BCUT2D eigenvalue weighted by Gasteiger charge is -2.10. The molecule has 0 aliphatic heterocycles. The van der Waals surface area contributed by atoms with Gasteiger partial charge >= 0.3 is 5.97 Å². The average molecular weight is 363 g/mol. The molecular formula is C18H22FN3O4. The number of benzene rings is 1. The smallest absolute Gasteiger partial charge is 0.352 e. The maximum atomic E-state index is 13.3. The van der Waals surface area contributed by atoms with Gasteiger partial charge in [-0.05, 0) is 45.3 Å². The lowest BCUT2D eigenvalue weighted by atomic mass is 10.2. The number of carbonyl (C=O) groups excluding carboxylic acids is 1. The van der Waals surface area contributed by atoms with Crippen molar-refractivity contribution in [2.45, 2.75) is 13.0 Å². The number of amides is 1. The van der Waals surface area contributed by atoms with Crippen molar-refractivity contribution in [2.75, 3.05) is 33.1 Å². The first kappa shape index (κ1) is 19.5. The number of ether oxygens (including phenoxy) is 1. The van der Waals surface area contributed by atoms with Crippen LogP contribution < -0.4 is 10.1 Å². The quantitative estimate of drug-likeness (QED) is 0.753. The van der Waals surface area contributed by atoms with E-state index in [0.29, 0.717) is 12.2 Å². The molecule has 1 aromatic carbocycles. The van der Waals surface area contributed by atoms with Gasteiger partial charge in [0.15, 0.2) is 0 Å². The number of carboxylic acids is 1. The Kier molecular flexibility index (Phi) is 6.35. The average Bonchev–Trinajstić information content (AvgIpc) is 2.97. The van der Waals surface area contributed by atoms with Gasteiger partial charge in [-0.3, -0.25) is 4.79 Å². The lowest BCUT2D eigenvalue weighted by Crippen LogP contribution is -2.16. The first-order valence-corrected chi connectivity index (χ1v) is 8.05. The van der Waals surface area contributed by atoms with E-state index in [0.717, 1.165) is 25.1 Å². The zero-order valence-corrected chi connectivity index (χ0v) is 15.0. The molecule has 0 fully saturated rings. The van der Waals surface area contributed by atoms with Crippen molar-refractivity contribution >= 4 is 17.6 Å². The molecule has 0 saturated heterocycles. The van der Waals surface area contributed by atoms with Gasteiger partial charge in [-0.15, -0.1) is 0 Å². The minimum Gasteiger partial charge on any atom is -0.496 e. The zero-order valence-electron chi connectivity index (χ0n) is 15.0. The Bertz CT molecular complexity index is 802. The molecule has 0 unspecified atom stereocenters. The summed E-state index contributed by atoms with van der Waals surface area (Å²) in [5.74, 6) is -2.00. The third-order valence-electron chi connectivity index (χ3n) is 3.79. The molecule has 2 N–H and O–H groups in total. The molecule has 1 heterocycles. The molecule has 1 aromatic heterocycles. The van der Waals surface area contributed by atoms with Gasteiger partial charge in [-0.1, -0.05) is 0 Å². The SMILES string of the molecule is COc1cc(F)ccc1C(=O)Nc1cc(C(=O)O)n(CCCN(C)C)c1. The summed E-state index contributed by atoms with van der Waals surface area (Å²) in [6.07, 6.45) is 2.34. The van der Waals surface area contributed by atoms with Crippen LogP contribution in [-0.2, 0) is 6.54 Å². The fourth-order valence-corrected chi connectivity index (χ4v) is 2.55.